The zero-order valence-electron chi connectivity index (χ0n) is 7.52. The van der Waals surface area contributed by atoms with Crippen molar-refractivity contribution in [1.29, 1.82) is 0 Å². The summed E-state index contributed by atoms with van der Waals surface area (Å²) in [6, 6.07) is 0. The lowest BCUT2D eigenvalue weighted by Gasteiger charge is -2.09. The minimum Gasteiger partial charge on any atom is -0.282 e. The smallest absolute Gasteiger partial charge is 0.282 e. The first kappa shape index (κ1) is 13.8. The first-order chi connectivity index (χ1) is 7.59. The molecule has 0 saturated carbocycles. The van der Waals surface area contributed by atoms with Crippen LogP contribution in [0.5, 0.6) is 0 Å². The van der Waals surface area contributed by atoms with Gasteiger partial charge in [0.25, 0.3) is 6.43 Å². The highest BCUT2D eigenvalue weighted by Gasteiger charge is 2.34. The molecule has 1 N–H and O–H groups in total. The highest BCUT2D eigenvalue weighted by atomic mass is 32.2. The van der Waals surface area contributed by atoms with E-state index in [-0.39, 0.29) is 0 Å². The molecule has 0 amide bonds. The summed E-state index contributed by atoms with van der Waals surface area (Å²) in [6.45, 7) is 0. The lowest BCUT2D eigenvalue weighted by Crippen LogP contribution is -2.13. The van der Waals surface area contributed by atoms with Gasteiger partial charge in [0.2, 0.25) is 0 Å². The van der Waals surface area contributed by atoms with E-state index in [1.807, 2.05) is 0 Å². The topological polar surface area (TPSA) is 54.4 Å². The van der Waals surface area contributed by atoms with E-state index in [1.165, 1.54) is 0 Å². The summed E-state index contributed by atoms with van der Waals surface area (Å²) in [6.07, 6.45) is -3.89. The second-order valence-electron chi connectivity index (χ2n) is 2.77. The third-order valence-electron chi connectivity index (χ3n) is 1.73. The van der Waals surface area contributed by atoms with E-state index in [0.717, 1.165) is 0 Å². The Kier molecular flexibility index (Phi) is 3.39. The Labute approximate surface area is 90.4 Å². The van der Waals surface area contributed by atoms with Gasteiger partial charge in [-0.25, -0.2) is 26.3 Å². The number of benzene rings is 1. The van der Waals surface area contributed by atoms with Crippen molar-refractivity contribution in [2.24, 2.45) is 0 Å². The van der Waals surface area contributed by atoms with E-state index in [9.17, 15) is 34.8 Å². The minimum atomic E-state index is -5.63. The highest BCUT2D eigenvalue weighted by Crippen LogP contribution is 2.32. The minimum absolute atomic E-state index is 2.24. The number of rotatable bonds is 2. The molecule has 0 saturated heterocycles. The van der Waals surface area contributed by atoms with Crippen LogP contribution in [0.25, 0.3) is 0 Å². The van der Waals surface area contributed by atoms with Crippen LogP contribution >= 0.6 is 0 Å². The maximum absolute atomic E-state index is 12.9. The van der Waals surface area contributed by atoms with Crippen molar-refractivity contribution in [1.82, 2.24) is 0 Å². The summed E-state index contributed by atoms with van der Waals surface area (Å²) >= 11 is 0. The maximum Gasteiger partial charge on any atom is 0.300 e. The van der Waals surface area contributed by atoms with Crippen LogP contribution in [0.2, 0.25) is 0 Å². The van der Waals surface area contributed by atoms with Crippen LogP contribution in [0.15, 0.2) is 4.90 Å². The molecule has 0 aliphatic heterocycles. The average molecular weight is 280 g/mol. The summed E-state index contributed by atoms with van der Waals surface area (Å²) in [7, 11) is -5.63. The summed E-state index contributed by atoms with van der Waals surface area (Å²) in [5, 5.41) is 0. The molecule has 0 unspecified atom stereocenters. The Bertz CT molecular complexity index is 538. The lowest BCUT2D eigenvalue weighted by atomic mass is 10.2. The first-order valence-electron chi connectivity index (χ1n) is 3.70. The molecule has 1 aromatic rings. The van der Waals surface area contributed by atoms with Crippen molar-refractivity contribution >= 4 is 10.1 Å². The van der Waals surface area contributed by atoms with Gasteiger partial charge in [0.1, 0.15) is 0 Å². The van der Waals surface area contributed by atoms with E-state index in [0.29, 0.717) is 0 Å². The number of hydrogen-bond donors (Lipinski definition) is 1. The van der Waals surface area contributed by atoms with Gasteiger partial charge in [-0.3, -0.25) is 4.55 Å². The van der Waals surface area contributed by atoms with Gasteiger partial charge in [0, 0.05) is 0 Å². The fourth-order valence-corrected chi connectivity index (χ4v) is 1.68. The number of hydrogen-bond acceptors (Lipinski definition) is 2. The molecule has 0 heterocycles. The molecular formula is C7H2F6O3S. The van der Waals surface area contributed by atoms with Crippen LogP contribution in [0.4, 0.5) is 26.3 Å². The Morgan fingerprint density at radius 2 is 1.24 bits per heavy atom. The SMILES string of the molecule is O=S(=O)(O)c1c(F)c(F)c(C(F)F)c(F)c1F. The molecule has 0 aliphatic carbocycles. The standard InChI is InChI=1S/C7H2F6O3S/c8-2-1(7(12)13)3(9)5(11)6(4(2)10)17(14,15)16/h7H,(H,14,15,16). The molecule has 0 aromatic heterocycles. The molecule has 0 fully saturated rings. The van der Waals surface area contributed by atoms with Gasteiger partial charge in [-0.1, -0.05) is 0 Å². The van der Waals surface area contributed by atoms with Crippen LogP contribution < -0.4 is 0 Å². The molecule has 0 atom stereocenters. The van der Waals surface area contributed by atoms with Gasteiger partial charge in [0.05, 0.1) is 5.56 Å². The van der Waals surface area contributed by atoms with Gasteiger partial charge in [-0.15, -0.1) is 0 Å². The fourth-order valence-electron chi connectivity index (χ4n) is 1.05. The molecule has 96 valence electrons. The quantitative estimate of drug-likeness (QED) is 0.514. The van der Waals surface area contributed by atoms with Gasteiger partial charge in [-0.2, -0.15) is 8.42 Å². The highest BCUT2D eigenvalue weighted by molar-refractivity contribution is 7.85. The maximum atomic E-state index is 12.9. The molecule has 10 heteroatoms. The molecule has 0 bridgehead atoms. The molecule has 0 aliphatic rings. The van der Waals surface area contributed by atoms with Crippen molar-refractivity contribution in [3.63, 3.8) is 0 Å². The Morgan fingerprint density at radius 3 is 1.47 bits per heavy atom. The molecular weight excluding hydrogens is 278 g/mol. The summed E-state index contributed by atoms with van der Waals surface area (Å²) in [5.41, 5.74) is -2.24. The zero-order valence-corrected chi connectivity index (χ0v) is 8.33. The predicted molar refractivity (Wildman–Crippen MR) is 41.0 cm³/mol. The zero-order chi connectivity index (χ0) is 13.5. The Morgan fingerprint density at radius 1 is 0.882 bits per heavy atom. The monoisotopic (exact) mass is 280 g/mol. The van der Waals surface area contributed by atoms with Crippen LogP contribution in [-0.2, 0) is 10.1 Å². The second-order valence-corrected chi connectivity index (χ2v) is 4.13. The third kappa shape index (κ3) is 2.22. The number of alkyl halides is 2. The van der Waals surface area contributed by atoms with E-state index in [1.54, 1.807) is 0 Å². The van der Waals surface area contributed by atoms with E-state index in [4.69, 9.17) is 4.55 Å². The van der Waals surface area contributed by atoms with Gasteiger partial charge in [-0.05, 0) is 0 Å². The van der Waals surface area contributed by atoms with Crippen molar-refractivity contribution in [2.45, 2.75) is 11.3 Å². The lowest BCUT2D eigenvalue weighted by molar-refractivity contribution is 0.137. The van der Waals surface area contributed by atoms with Gasteiger partial charge < -0.3 is 0 Å². The van der Waals surface area contributed by atoms with E-state index in [2.05, 4.69) is 0 Å². The van der Waals surface area contributed by atoms with Crippen molar-refractivity contribution in [3.8, 4) is 0 Å². The normalized spacial score (nSPS) is 12.2. The van der Waals surface area contributed by atoms with Crippen molar-refractivity contribution < 1.29 is 39.3 Å². The van der Waals surface area contributed by atoms with Crippen LogP contribution in [0, 0.1) is 23.3 Å². The van der Waals surface area contributed by atoms with E-state index >= 15 is 0 Å². The van der Waals surface area contributed by atoms with Gasteiger partial charge >= 0.3 is 10.1 Å². The molecule has 3 nitrogen and oxygen atoms in total. The van der Waals surface area contributed by atoms with Crippen LogP contribution in [0.1, 0.15) is 12.0 Å². The van der Waals surface area contributed by atoms with Crippen molar-refractivity contribution in [3.05, 3.63) is 28.8 Å². The van der Waals surface area contributed by atoms with E-state index < -0.39 is 50.3 Å². The summed E-state index contributed by atoms with van der Waals surface area (Å²) < 4.78 is 105. The Hall–Kier alpha value is -1.29. The average Bonchev–Trinajstić information content (AvgIpc) is 2.12. The fraction of sp³-hybridized carbons (Fsp3) is 0.143. The molecule has 0 spiro atoms. The number of halogens is 6. The molecule has 1 aromatic carbocycles. The van der Waals surface area contributed by atoms with Crippen LogP contribution in [-0.4, -0.2) is 13.0 Å². The predicted octanol–water partition coefficient (Wildman–Crippen LogP) is 2.43. The largest absolute Gasteiger partial charge is 0.300 e. The summed E-state index contributed by atoms with van der Waals surface area (Å²) in [5.74, 6) is -10.4. The van der Waals surface area contributed by atoms with Crippen molar-refractivity contribution in [2.75, 3.05) is 0 Å². The summed E-state index contributed by atoms with van der Waals surface area (Å²) in [4.78, 5) is -2.35. The first-order valence-corrected chi connectivity index (χ1v) is 5.14. The molecule has 0 radical (unpaired) electrons. The van der Waals surface area contributed by atoms with Crippen LogP contribution in [0.3, 0.4) is 0 Å². The molecule has 1 rings (SSSR count). The third-order valence-corrected chi connectivity index (χ3v) is 2.61. The molecule has 17 heavy (non-hydrogen) atoms. The Balaban J connectivity index is 3.84. The second kappa shape index (κ2) is 4.18. The van der Waals surface area contributed by atoms with Gasteiger partial charge in [0.15, 0.2) is 28.2 Å².